The Balaban J connectivity index is 1.61. The minimum Gasteiger partial charge on any atom is -0.300 e. The molecule has 0 aliphatic carbocycles. The molecule has 0 saturated carbocycles. The molecule has 136 valence electrons. The Bertz CT molecular complexity index is 1050. The molecule has 9 heteroatoms. The van der Waals surface area contributed by atoms with E-state index in [-0.39, 0.29) is 17.1 Å². The van der Waals surface area contributed by atoms with Crippen LogP contribution in [0.15, 0.2) is 68.7 Å². The molecular formula is C18H15FN6O2. The molecule has 0 atom stereocenters. The molecule has 0 bridgehead atoms. The second-order valence-electron chi connectivity index (χ2n) is 5.55. The van der Waals surface area contributed by atoms with Gasteiger partial charge in [-0.25, -0.2) is 9.82 Å². The summed E-state index contributed by atoms with van der Waals surface area (Å²) in [5.41, 5.74) is 4.33. The van der Waals surface area contributed by atoms with E-state index < -0.39 is 5.91 Å². The first-order valence-electron chi connectivity index (χ1n) is 7.91. The van der Waals surface area contributed by atoms with E-state index >= 15 is 0 Å². The third kappa shape index (κ3) is 4.60. The van der Waals surface area contributed by atoms with Gasteiger partial charge in [0, 0.05) is 5.56 Å². The number of carbonyl (C=O) groups excluding carboxylic acids is 1. The highest BCUT2D eigenvalue weighted by Crippen LogP contribution is 2.17. The van der Waals surface area contributed by atoms with E-state index in [4.69, 9.17) is 0 Å². The number of hydrogen-bond acceptors (Lipinski definition) is 5. The Morgan fingerprint density at radius 3 is 2.37 bits per heavy atom. The number of halogens is 1. The molecule has 1 aromatic heterocycles. The molecule has 1 heterocycles. The van der Waals surface area contributed by atoms with Crippen molar-refractivity contribution >= 4 is 23.5 Å². The first kappa shape index (κ1) is 17.9. The number of aromatic amines is 2. The Kier molecular flexibility index (Phi) is 5.31. The van der Waals surface area contributed by atoms with Crippen molar-refractivity contribution in [2.24, 2.45) is 15.3 Å². The second kappa shape index (κ2) is 8.00. The van der Waals surface area contributed by atoms with Crippen molar-refractivity contribution in [3.8, 4) is 0 Å². The van der Waals surface area contributed by atoms with Gasteiger partial charge in [0.05, 0.1) is 17.6 Å². The van der Waals surface area contributed by atoms with Gasteiger partial charge in [-0.15, -0.1) is 5.11 Å². The average molecular weight is 366 g/mol. The largest absolute Gasteiger partial charge is 0.300 e. The van der Waals surface area contributed by atoms with Crippen molar-refractivity contribution < 1.29 is 9.18 Å². The molecule has 3 aromatic rings. The van der Waals surface area contributed by atoms with Crippen molar-refractivity contribution in [3.05, 3.63) is 81.5 Å². The number of azo groups is 1. The number of benzene rings is 2. The summed E-state index contributed by atoms with van der Waals surface area (Å²) >= 11 is 0. The standard InChI is InChI=1S/C18H15FN6O2/c1-11-16(18(27)25-21-11)23-22-15-8-4-13(5-9-15)17(26)24-20-10-12-2-6-14(19)7-3-12/h2-10H,1H3,(H,24,26)(H2,21,25,27)/b20-10+,23-22?. The first-order chi connectivity index (χ1) is 13.0. The summed E-state index contributed by atoms with van der Waals surface area (Å²) in [5.74, 6) is -0.750. The van der Waals surface area contributed by atoms with E-state index in [2.05, 4.69) is 31.0 Å². The summed E-state index contributed by atoms with van der Waals surface area (Å²) < 4.78 is 12.8. The maximum Gasteiger partial charge on any atom is 0.291 e. The lowest BCUT2D eigenvalue weighted by molar-refractivity contribution is 0.0955. The maximum atomic E-state index is 12.8. The number of hydrazone groups is 1. The Morgan fingerprint density at radius 2 is 1.74 bits per heavy atom. The van der Waals surface area contributed by atoms with E-state index in [0.717, 1.165) is 0 Å². The molecule has 0 fully saturated rings. The van der Waals surface area contributed by atoms with Crippen LogP contribution >= 0.6 is 0 Å². The van der Waals surface area contributed by atoms with Crippen LogP contribution in [0, 0.1) is 12.7 Å². The van der Waals surface area contributed by atoms with Gasteiger partial charge in [-0.1, -0.05) is 12.1 Å². The van der Waals surface area contributed by atoms with E-state index in [1.165, 1.54) is 18.3 Å². The van der Waals surface area contributed by atoms with Crippen LogP contribution in [0.25, 0.3) is 0 Å². The highest BCUT2D eigenvalue weighted by molar-refractivity contribution is 5.95. The fraction of sp³-hybridized carbons (Fsp3) is 0.0556. The minimum absolute atomic E-state index is 0.201. The van der Waals surface area contributed by atoms with Gasteiger partial charge in [-0.3, -0.25) is 14.7 Å². The third-order valence-corrected chi connectivity index (χ3v) is 3.58. The zero-order valence-corrected chi connectivity index (χ0v) is 14.2. The van der Waals surface area contributed by atoms with Crippen molar-refractivity contribution in [2.75, 3.05) is 0 Å². The van der Waals surface area contributed by atoms with Gasteiger partial charge in [-0.2, -0.15) is 10.2 Å². The van der Waals surface area contributed by atoms with Gasteiger partial charge in [0.15, 0.2) is 5.69 Å². The zero-order valence-electron chi connectivity index (χ0n) is 14.2. The number of H-pyrrole nitrogens is 2. The number of carbonyl (C=O) groups is 1. The maximum absolute atomic E-state index is 12.8. The number of aromatic nitrogens is 2. The van der Waals surface area contributed by atoms with Crippen LogP contribution in [0.5, 0.6) is 0 Å². The van der Waals surface area contributed by atoms with Gasteiger partial charge < -0.3 is 5.10 Å². The van der Waals surface area contributed by atoms with Crippen molar-refractivity contribution in [2.45, 2.75) is 6.92 Å². The predicted octanol–water partition coefficient (Wildman–Crippen LogP) is 3.33. The van der Waals surface area contributed by atoms with Gasteiger partial charge in [0.25, 0.3) is 11.5 Å². The van der Waals surface area contributed by atoms with Crippen LogP contribution in [0.4, 0.5) is 15.8 Å². The fourth-order valence-corrected chi connectivity index (χ4v) is 2.13. The highest BCUT2D eigenvalue weighted by Gasteiger charge is 2.05. The van der Waals surface area contributed by atoms with Crippen molar-refractivity contribution in [1.29, 1.82) is 0 Å². The SMILES string of the molecule is Cc1[nH][nH]c(=O)c1N=Nc1ccc(C(=O)N/N=C/c2ccc(F)cc2)cc1. The van der Waals surface area contributed by atoms with Crippen LogP contribution in [0.3, 0.4) is 0 Å². The fourth-order valence-electron chi connectivity index (χ4n) is 2.13. The topological polar surface area (TPSA) is 115 Å². The van der Waals surface area contributed by atoms with Crippen molar-refractivity contribution in [1.82, 2.24) is 15.6 Å². The minimum atomic E-state index is -0.408. The molecule has 1 amide bonds. The monoisotopic (exact) mass is 366 g/mol. The average Bonchev–Trinajstić information content (AvgIpc) is 3.00. The quantitative estimate of drug-likeness (QED) is 0.365. The van der Waals surface area contributed by atoms with E-state index in [0.29, 0.717) is 22.5 Å². The smallest absolute Gasteiger partial charge is 0.291 e. The van der Waals surface area contributed by atoms with Crippen LogP contribution in [-0.2, 0) is 0 Å². The number of aryl methyl sites for hydroxylation is 1. The molecule has 0 saturated heterocycles. The van der Waals surface area contributed by atoms with Crippen LogP contribution in [0.1, 0.15) is 21.6 Å². The van der Waals surface area contributed by atoms with E-state index in [1.807, 2.05) is 0 Å². The summed E-state index contributed by atoms with van der Waals surface area (Å²) in [6.07, 6.45) is 1.41. The third-order valence-electron chi connectivity index (χ3n) is 3.58. The Morgan fingerprint density at radius 1 is 1.04 bits per heavy atom. The number of amides is 1. The van der Waals surface area contributed by atoms with Crippen LogP contribution in [-0.4, -0.2) is 22.3 Å². The Hall–Kier alpha value is -3.88. The first-order valence-corrected chi connectivity index (χ1v) is 7.91. The number of rotatable bonds is 5. The lowest BCUT2D eigenvalue weighted by atomic mass is 10.2. The highest BCUT2D eigenvalue weighted by atomic mass is 19.1. The number of hydrogen-bond donors (Lipinski definition) is 3. The van der Waals surface area contributed by atoms with E-state index in [9.17, 15) is 14.0 Å². The van der Waals surface area contributed by atoms with Gasteiger partial charge in [0.1, 0.15) is 5.82 Å². The summed E-state index contributed by atoms with van der Waals surface area (Å²) in [4.78, 5) is 23.5. The second-order valence-corrected chi connectivity index (χ2v) is 5.55. The molecule has 3 N–H and O–H groups in total. The molecule has 0 unspecified atom stereocenters. The Labute approximate surface area is 152 Å². The molecule has 0 aliphatic rings. The van der Waals surface area contributed by atoms with Crippen LogP contribution < -0.4 is 11.0 Å². The summed E-state index contributed by atoms with van der Waals surface area (Å²) in [5, 5.41) is 16.8. The predicted molar refractivity (Wildman–Crippen MR) is 98.2 cm³/mol. The lowest BCUT2D eigenvalue weighted by Gasteiger charge is -2.00. The summed E-state index contributed by atoms with van der Waals surface area (Å²) in [7, 11) is 0. The van der Waals surface area contributed by atoms with Gasteiger partial charge >= 0.3 is 0 Å². The van der Waals surface area contributed by atoms with Gasteiger partial charge in [-0.05, 0) is 48.9 Å². The number of nitrogens with one attached hydrogen (secondary N) is 3. The van der Waals surface area contributed by atoms with Crippen molar-refractivity contribution in [3.63, 3.8) is 0 Å². The summed E-state index contributed by atoms with van der Waals surface area (Å²) in [6, 6.07) is 12.0. The molecule has 3 rings (SSSR count). The number of nitrogens with zero attached hydrogens (tertiary/aromatic N) is 3. The molecule has 8 nitrogen and oxygen atoms in total. The molecule has 27 heavy (non-hydrogen) atoms. The zero-order chi connectivity index (χ0) is 19.2. The molecule has 0 spiro atoms. The lowest BCUT2D eigenvalue weighted by Crippen LogP contribution is -2.17. The molecule has 2 aromatic carbocycles. The molecule has 0 aliphatic heterocycles. The summed E-state index contributed by atoms with van der Waals surface area (Å²) in [6.45, 7) is 1.70. The van der Waals surface area contributed by atoms with Crippen LogP contribution in [0.2, 0.25) is 0 Å². The molecule has 0 radical (unpaired) electrons. The van der Waals surface area contributed by atoms with Gasteiger partial charge in [0.2, 0.25) is 0 Å². The normalized spacial score (nSPS) is 11.3. The van der Waals surface area contributed by atoms with E-state index in [1.54, 1.807) is 43.3 Å². The molecular weight excluding hydrogens is 351 g/mol.